The van der Waals surface area contributed by atoms with Gasteiger partial charge in [0.2, 0.25) is 0 Å². The van der Waals surface area contributed by atoms with Crippen LogP contribution in [0.25, 0.3) is 44.2 Å². The van der Waals surface area contributed by atoms with Crippen LogP contribution in [0.1, 0.15) is 29.1 Å². The highest BCUT2D eigenvalue weighted by Crippen LogP contribution is 2.58. The second-order valence-electron chi connectivity index (χ2n) is 12.9. The number of nitrogens with zero attached hydrogens (tertiary/aromatic N) is 1. The van der Waals surface area contributed by atoms with E-state index < -0.39 is 11.5 Å². The fourth-order valence-electron chi connectivity index (χ4n) is 8.04. The molecule has 2 nitrogen and oxygen atoms in total. The van der Waals surface area contributed by atoms with E-state index in [1.54, 1.807) is 0 Å². The van der Waals surface area contributed by atoms with Crippen molar-refractivity contribution in [1.29, 1.82) is 0 Å². The first-order chi connectivity index (χ1) is 27.4. The molecular formula is C49H33NO. The zero-order valence-corrected chi connectivity index (χ0v) is 27.5. The lowest BCUT2D eigenvalue weighted by molar-refractivity contribution is 0.648. The molecule has 1 heterocycles. The second kappa shape index (κ2) is 11.8. The molecule has 1 aliphatic rings. The quantitative estimate of drug-likeness (QED) is 0.177. The van der Waals surface area contributed by atoms with Gasteiger partial charge in [-0.3, -0.25) is 0 Å². The Labute approximate surface area is 304 Å². The summed E-state index contributed by atoms with van der Waals surface area (Å²) < 4.78 is 52.0. The van der Waals surface area contributed by atoms with Gasteiger partial charge in [-0.05, 0) is 81.4 Å². The molecule has 0 amide bonds. The van der Waals surface area contributed by atoms with Crippen molar-refractivity contribution in [1.82, 2.24) is 0 Å². The molecular weight excluding hydrogens is 619 g/mol. The summed E-state index contributed by atoms with van der Waals surface area (Å²) in [6.45, 7) is 0. The van der Waals surface area contributed by atoms with Crippen LogP contribution >= 0.6 is 0 Å². The predicted molar refractivity (Wildman–Crippen MR) is 211 cm³/mol. The Kier molecular flexibility index (Phi) is 5.64. The van der Waals surface area contributed by atoms with Gasteiger partial charge in [-0.2, -0.15) is 0 Å². The van der Waals surface area contributed by atoms with Gasteiger partial charge < -0.3 is 9.32 Å². The lowest BCUT2D eigenvalue weighted by Gasteiger charge is -2.34. The van der Waals surface area contributed by atoms with E-state index in [9.17, 15) is 2.74 Å². The minimum atomic E-state index is -1.33. The molecule has 8 aromatic carbocycles. The van der Waals surface area contributed by atoms with Crippen LogP contribution in [0.15, 0.2) is 204 Å². The predicted octanol–water partition coefficient (Wildman–Crippen LogP) is 13.1. The van der Waals surface area contributed by atoms with Crippen molar-refractivity contribution in [3.63, 3.8) is 0 Å². The number of fused-ring (bicyclic) bond motifs is 6. The maximum absolute atomic E-state index is 9.48. The van der Waals surface area contributed by atoms with E-state index in [2.05, 4.69) is 77.7 Å². The highest BCUT2D eigenvalue weighted by Gasteiger charge is 2.47. The van der Waals surface area contributed by atoms with E-state index in [0.717, 1.165) is 61.2 Å². The Morgan fingerprint density at radius 3 is 1.88 bits per heavy atom. The number of hydrogen-bond donors (Lipinski definition) is 0. The van der Waals surface area contributed by atoms with Crippen LogP contribution in [0.5, 0.6) is 0 Å². The van der Waals surface area contributed by atoms with Crippen LogP contribution in [0.4, 0.5) is 17.1 Å². The number of para-hydroxylation sites is 3. The molecule has 0 aliphatic heterocycles. The van der Waals surface area contributed by atoms with E-state index in [0.29, 0.717) is 16.7 Å². The molecule has 1 atom stereocenters. The Morgan fingerprint density at radius 2 is 1.06 bits per heavy atom. The highest BCUT2D eigenvalue weighted by molar-refractivity contribution is 6.07. The van der Waals surface area contributed by atoms with Gasteiger partial charge in [-0.1, -0.05) is 158 Å². The second-order valence-corrected chi connectivity index (χ2v) is 12.9. The van der Waals surface area contributed by atoms with Gasteiger partial charge in [0, 0.05) is 33.4 Å². The maximum atomic E-state index is 9.48. The van der Waals surface area contributed by atoms with Crippen molar-refractivity contribution in [2.45, 2.75) is 5.41 Å². The lowest BCUT2D eigenvalue weighted by Crippen LogP contribution is -2.28. The molecule has 0 saturated carbocycles. The van der Waals surface area contributed by atoms with Gasteiger partial charge in [0.1, 0.15) is 11.2 Å². The normalized spacial score (nSPS) is 16.1. The Hall–Kier alpha value is -6.64. The van der Waals surface area contributed by atoms with Crippen LogP contribution < -0.4 is 4.90 Å². The maximum Gasteiger partial charge on any atom is 0.140 e. The summed E-state index contributed by atoms with van der Waals surface area (Å²) in [6.07, 6.45) is 0. The third-order valence-electron chi connectivity index (χ3n) is 10.2. The van der Waals surface area contributed by atoms with E-state index in [-0.39, 0.29) is 29.7 Å². The van der Waals surface area contributed by atoms with Gasteiger partial charge >= 0.3 is 0 Å². The lowest BCUT2D eigenvalue weighted by atomic mass is 9.67. The van der Waals surface area contributed by atoms with Crippen molar-refractivity contribution < 1.29 is 11.3 Å². The SMILES string of the molecule is [2H]c1c([2H])c([2H])c(C2(c3cccc4c3oc3ccccc34)c3ccccc3-c3cc(N(c4ccccc4)c4ccc(-c5ccccc5)cc4)ccc32)c([2H])c1[2H]. The first-order valence-corrected chi connectivity index (χ1v) is 17.1. The van der Waals surface area contributed by atoms with Crippen molar-refractivity contribution in [3.05, 3.63) is 222 Å². The average Bonchev–Trinajstić information content (AvgIpc) is 3.77. The van der Waals surface area contributed by atoms with E-state index in [4.69, 9.17) is 8.53 Å². The van der Waals surface area contributed by atoms with Gasteiger partial charge in [0.25, 0.3) is 0 Å². The molecule has 0 bridgehead atoms. The van der Waals surface area contributed by atoms with Crippen molar-refractivity contribution >= 4 is 39.0 Å². The number of anilines is 3. The van der Waals surface area contributed by atoms with Crippen LogP contribution in [0.2, 0.25) is 0 Å². The highest BCUT2D eigenvalue weighted by atomic mass is 16.3. The summed E-state index contributed by atoms with van der Waals surface area (Å²) in [6, 6.07) is 55.6. The van der Waals surface area contributed by atoms with Crippen LogP contribution in [-0.4, -0.2) is 0 Å². The third-order valence-corrected chi connectivity index (χ3v) is 10.2. The molecule has 0 spiro atoms. The molecule has 1 unspecified atom stereocenters. The summed E-state index contributed by atoms with van der Waals surface area (Å²) in [5, 5.41) is 1.83. The molecule has 0 radical (unpaired) electrons. The molecule has 1 aromatic heterocycles. The number of hydrogen-bond acceptors (Lipinski definition) is 2. The molecule has 9 aromatic rings. The Bertz CT molecular complexity index is 2950. The summed E-state index contributed by atoms with van der Waals surface area (Å²) in [7, 11) is 0. The number of furan rings is 1. The molecule has 0 fully saturated rings. The van der Waals surface area contributed by atoms with E-state index in [1.807, 2.05) is 97.1 Å². The van der Waals surface area contributed by atoms with Crippen molar-refractivity contribution in [2.24, 2.45) is 0 Å². The molecule has 51 heavy (non-hydrogen) atoms. The topological polar surface area (TPSA) is 16.4 Å². The van der Waals surface area contributed by atoms with Gasteiger partial charge in [0.15, 0.2) is 0 Å². The van der Waals surface area contributed by atoms with E-state index >= 15 is 0 Å². The van der Waals surface area contributed by atoms with Crippen molar-refractivity contribution in [2.75, 3.05) is 4.90 Å². The van der Waals surface area contributed by atoms with Gasteiger partial charge in [0.05, 0.1) is 12.3 Å². The third kappa shape index (κ3) is 4.50. The van der Waals surface area contributed by atoms with Gasteiger partial charge in [-0.25, -0.2) is 0 Å². The van der Waals surface area contributed by atoms with E-state index in [1.165, 1.54) is 0 Å². The smallest absolute Gasteiger partial charge is 0.140 e. The summed E-state index contributed by atoms with van der Waals surface area (Å²) in [4.78, 5) is 2.22. The van der Waals surface area contributed by atoms with Crippen molar-refractivity contribution in [3.8, 4) is 22.3 Å². The first kappa shape index (κ1) is 24.5. The average molecular weight is 657 g/mol. The standard InChI is InChI=1S/C49H33NO/c1-4-15-34(16-5-1)35-27-29-38(30-28-35)50(37-19-8-3-9-20-37)39-31-32-45-43(33-39)40-21-10-12-24-44(40)49(45,36-17-6-2-7-18-36)46-25-14-23-42-41-22-11-13-26-47(41)51-48(42)46/h1-33H/i2D,6D,7D,17D,18D. The zero-order valence-electron chi connectivity index (χ0n) is 32.5. The van der Waals surface area contributed by atoms with Gasteiger partial charge in [-0.15, -0.1) is 0 Å². The monoisotopic (exact) mass is 656 g/mol. The fraction of sp³-hybridized carbons (Fsp3) is 0.0204. The number of rotatable bonds is 6. The summed E-state index contributed by atoms with van der Waals surface area (Å²) >= 11 is 0. The molecule has 0 saturated heterocycles. The summed E-state index contributed by atoms with van der Waals surface area (Å²) in [5.41, 5.74) is 9.46. The molecule has 10 rings (SSSR count). The Balaban J connectivity index is 1.27. The minimum absolute atomic E-state index is 0.187. The number of benzene rings is 8. The molecule has 240 valence electrons. The zero-order chi connectivity index (χ0) is 38.1. The van der Waals surface area contributed by atoms with Crippen LogP contribution in [0.3, 0.4) is 0 Å². The molecule has 2 heteroatoms. The molecule has 0 N–H and O–H groups in total. The van der Waals surface area contributed by atoms with Crippen LogP contribution in [-0.2, 0) is 5.41 Å². The summed E-state index contributed by atoms with van der Waals surface area (Å²) in [5.74, 6) is 0. The minimum Gasteiger partial charge on any atom is -0.456 e. The Morgan fingerprint density at radius 1 is 0.451 bits per heavy atom. The molecule has 1 aliphatic carbocycles. The fourth-order valence-corrected chi connectivity index (χ4v) is 8.04. The first-order valence-electron chi connectivity index (χ1n) is 19.6. The largest absolute Gasteiger partial charge is 0.456 e. The van der Waals surface area contributed by atoms with Crippen LogP contribution in [0, 0.1) is 0 Å².